The molecule has 0 saturated carbocycles. The Bertz CT molecular complexity index is 2380. The van der Waals surface area contributed by atoms with Gasteiger partial charge in [0.1, 0.15) is 17.1 Å². The van der Waals surface area contributed by atoms with E-state index < -0.39 is 75.4 Å². The summed E-state index contributed by atoms with van der Waals surface area (Å²) >= 11 is 8.60. The monoisotopic (exact) mass is 895 g/mol. The molecular weight excluding hydrogens is 853 g/mol. The van der Waals surface area contributed by atoms with Crippen molar-refractivity contribution >= 4 is 86.0 Å². The molecule has 2 bridgehead atoms. The molecule has 1 aromatic carbocycles. The zero-order valence-electron chi connectivity index (χ0n) is 33.7. The number of aromatic hydroxyl groups is 2. The summed E-state index contributed by atoms with van der Waals surface area (Å²) in [5.41, 5.74) is 2.93. The number of carbonyl (C=O) groups excluding carboxylic acids is 5. The van der Waals surface area contributed by atoms with Crippen LogP contribution in [0.3, 0.4) is 0 Å². The van der Waals surface area contributed by atoms with Crippen LogP contribution in [-0.4, -0.2) is 118 Å². The van der Waals surface area contributed by atoms with Crippen LogP contribution < -0.4 is 56.2 Å². The Kier molecular flexibility index (Phi) is 12.7. The zero-order chi connectivity index (χ0) is 43.0. The number of anilines is 1. The SMILES string of the molecule is C[C@@H]1S[C@@H]2[C@H](NC(=O)/C(=N\OC(C)(C)C(=O)[O-])c3csc(N)n3)C(=O)N2C(C(=O)[O-])C1C[N+]1(C)[C@@H]2CC[C@H]1CC(CC(=O)c1cn(C)c3cc(O)c(O)c(Cl)c3c1=O)C2.[Na+]. The quantitative estimate of drug-likeness (QED) is 0.0270. The molecule has 4 fully saturated rings. The summed E-state index contributed by atoms with van der Waals surface area (Å²) in [4.78, 5) is 89.3. The number of carboxylic acid groups (broad SMARTS) is 2. The largest absolute Gasteiger partial charge is 1.00 e. The van der Waals surface area contributed by atoms with E-state index in [1.807, 2.05) is 6.92 Å². The molecule has 0 spiro atoms. The van der Waals surface area contributed by atoms with Crippen molar-refractivity contribution in [1.29, 1.82) is 0 Å². The number of nitrogens with zero attached hydrogens (tertiary/aromatic N) is 5. The molecular formula is C38H43ClN7NaO11S2. The number of carboxylic acids is 2. The number of benzene rings is 1. The second-order valence-electron chi connectivity index (χ2n) is 16.6. The fourth-order valence-electron chi connectivity index (χ4n) is 9.30. The predicted octanol–water partition coefficient (Wildman–Crippen LogP) is -2.92. The molecule has 2 aromatic heterocycles. The fraction of sp³-hybridized carbons (Fsp3) is 0.526. The van der Waals surface area contributed by atoms with E-state index in [1.165, 1.54) is 52.7 Å². The van der Waals surface area contributed by atoms with Gasteiger partial charge in [-0.25, -0.2) is 4.98 Å². The summed E-state index contributed by atoms with van der Waals surface area (Å²) < 4.78 is 2.06. The van der Waals surface area contributed by atoms with Gasteiger partial charge in [0.15, 0.2) is 33.7 Å². The van der Waals surface area contributed by atoms with Gasteiger partial charge in [-0.2, -0.15) is 0 Å². The number of aromatic nitrogens is 2. The Morgan fingerprint density at radius 1 is 1.17 bits per heavy atom. The van der Waals surface area contributed by atoms with Crippen molar-refractivity contribution in [3.05, 3.63) is 44.1 Å². The van der Waals surface area contributed by atoms with Crippen molar-refractivity contribution in [3.8, 4) is 11.5 Å². The molecule has 0 aliphatic carbocycles. The van der Waals surface area contributed by atoms with Gasteiger partial charge < -0.3 is 59.9 Å². The summed E-state index contributed by atoms with van der Waals surface area (Å²) in [6.45, 7) is 4.66. The van der Waals surface area contributed by atoms with Crippen LogP contribution >= 0.6 is 34.7 Å². The van der Waals surface area contributed by atoms with Crippen LogP contribution in [0.4, 0.5) is 5.13 Å². The van der Waals surface area contributed by atoms with E-state index in [9.17, 15) is 49.2 Å². The number of hydrogen-bond acceptors (Lipinski definition) is 16. The van der Waals surface area contributed by atoms with Crippen LogP contribution in [0.5, 0.6) is 11.5 Å². The van der Waals surface area contributed by atoms with Gasteiger partial charge in [0.05, 0.1) is 65.1 Å². The molecule has 4 aliphatic heterocycles. The standard InChI is InChI=1S/C38H44ClN7O11S2.Na/c1-15-20(29(35(53)54)45-33(52)28(34(45)59-15)42-32(51)27(21-14-58-37(40)41-21)43-57-38(2,3)36(55)56)13-46(5)17-6-7-18(46)9-16(8-17)10-23(47)19-12-44(4)22-11-24(48)31(50)26(39)25(22)30(19)49;/h11-12,14-18,20,28-29,34H,6-10,13H2,1-5H3,(H6-,40,41,42,43,48,49,50,51,53,54,55,56);/q;+1/p-1/t15-,16?,17-,18+,20?,28+,29?,34+,46?;/m0./s1. The van der Waals surface area contributed by atoms with Gasteiger partial charge in [0.2, 0.25) is 11.3 Å². The number of quaternary nitrogens is 1. The minimum absolute atomic E-state index is 0. The van der Waals surface area contributed by atoms with Gasteiger partial charge in [-0.05, 0) is 19.8 Å². The van der Waals surface area contributed by atoms with Crippen molar-refractivity contribution in [3.63, 3.8) is 0 Å². The van der Waals surface area contributed by atoms with Gasteiger partial charge in [-0.3, -0.25) is 19.2 Å². The number of oxime groups is 1. The first-order valence-electron chi connectivity index (χ1n) is 18.9. The van der Waals surface area contributed by atoms with Gasteiger partial charge in [-0.15, -0.1) is 23.1 Å². The number of carbonyl (C=O) groups is 5. The molecule has 7 rings (SSSR count). The first-order valence-corrected chi connectivity index (χ1v) is 21.1. The number of nitrogens with one attached hydrogen (secondary N) is 1. The third kappa shape index (κ3) is 7.88. The number of ketones is 1. The Hall–Kier alpha value is -3.92. The maximum atomic E-state index is 13.7. The molecule has 4 unspecified atom stereocenters. The third-order valence-corrected chi connectivity index (χ3v) is 15.2. The number of amides is 2. The molecule has 316 valence electrons. The summed E-state index contributed by atoms with van der Waals surface area (Å²) in [5.74, 6) is -6.62. The van der Waals surface area contributed by atoms with Gasteiger partial charge in [-0.1, -0.05) is 23.7 Å². The first kappa shape index (κ1) is 45.6. The number of aryl methyl sites for hydroxylation is 1. The van der Waals surface area contributed by atoms with E-state index in [0.29, 0.717) is 23.9 Å². The minimum Gasteiger partial charge on any atom is -0.548 e. The fourth-order valence-corrected chi connectivity index (χ4v) is 11.7. The summed E-state index contributed by atoms with van der Waals surface area (Å²) in [6, 6.07) is -1.06. The van der Waals surface area contributed by atoms with Gasteiger partial charge >= 0.3 is 29.6 Å². The molecule has 9 atom stereocenters. The number of thiazole rings is 1. The number of piperidine rings is 1. The molecule has 0 radical (unpaired) electrons. The summed E-state index contributed by atoms with van der Waals surface area (Å²) in [6.07, 6.45) is 4.54. The van der Waals surface area contributed by atoms with E-state index in [-0.39, 0.29) is 97.3 Å². The molecule has 18 nitrogen and oxygen atoms in total. The second kappa shape index (κ2) is 16.7. The van der Waals surface area contributed by atoms with Crippen LogP contribution in [0.15, 0.2) is 27.6 Å². The Labute approximate surface area is 378 Å². The van der Waals surface area contributed by atoms with Gasteiger partial charge in [0, 0.05) is 68.0 Å². The average Bonchev–Trinajstić information content (AvgIpc) is 3.63. The van der Waals surface area contributed by atoms with Crippen molar-refractivity contribution in [2.24, 2.45) is 24.0 Å². The molecule has 22 heteroatoms. The average molecular weight is 896 g/mol. The topological polar surface area (TPSA) is 270 Å². The molecule has 6 heterocycles. The number of nitrogen functional groups attached to an aromatic ring is 1. The maximum Gasteiger partial charge on any atom is 1.00 e. The van der Waals surface area contributed by atoms with Crippen LogP contribution in [0, 0.1) is 11.8 Å². The van der Waals surface area contributed by atoms with Gasteiger partial charge in [0.25, 0.3) is 5.91 Å². The van der Waals surface area contributed by atoms with E-state index in [0.717, 1.165) is 24.2 Å². The second-order valence-corrected chi connectivity index (χ2v) is 19.3. The third-order valence-electron chi connectivity index (χ3n) is 12.6. The number of halogens is 1. The Balaban J connectivity index is 0.00000604. The minimum atomic E-state index is -1.92. The molecule has 3 aromatic rings. The smallest absolute Gasteiger partial charge is 0.548 e. The Morgan fingerprint density at radius 2 is 1.82 bits per heavy atom. The number of Topliss-reactive ketones (excluding diaryl/α,β-unsaturated/α-hetero) is 1. The van der Waals surface area contributed by atoms with Crippen molar-refractivity contribution < 1.29 is 83.3 Å². The van der Waals surface area contributed by atoms with Crippen LogP contribution in [0.1, 0.15) is 68.9 Å². The normalized spacial score (nSPS) is 28.7. The maximum absolute atomic E-state index is 13.7. The van der Waals surface area contributed by atoms with Crippen molar-refractivity contribution in [2.75, 3.05) is 19.3 Å². The summed E-state index contributed by atoms with van der Waals surface area (Å²) in [7, 11) is 3.70. The number of hydrogen-bond donors (Lipinski definition) is 4. The number of aliphatic carboxylic acids is 2. The zero-order valence-corrected chi connectivity index (χ0v) is 38.1. The number of phenolic OH excluding ortho intramolecular Hbond substituents is 2. The van der Waals surface area contributed by atoms with E-state index in [1.54, 1.807) is 7.05 Å². The van der Waals surface area contributed by atoms with Crippen LogP contribution in [0.2, 0.25) is 5.02 Å². The Morgan fingerprint density at radius 3 is 2.40 bits per heavy atom. The van der Waals surface area contributed by atoms with Crippen LogP contribution in [-0.2, 0) is 31.1 Å². The first-order chi connectivity index (χ1) is 27.6. The number of fused-ring (bicyclic) bond motifs is 4. The number of β-lactam (4-membered cyclic amide) rings is 1. The molecule has 4 saturated heterocycles. The van der Waals surface area contributed by atoms with Crippen molar-refractivity contribution in [2.45, 2.75) is 93.3 Å². The molecule has 60 heavy (non-hydrogen) atoms. The molecule has 5 N–H and O–H groups in total. The molecule has 2 amide bonds. The van der Waals surface area contributed by atoms with E-state index in [2.05, 4.69) is 22.5 Å². The number of thioether (sulfide) groups is 1. The van der Waals surface area contributed by atoms with E-state index >= 15 is 0 Å². The number of nitrogens with two attached hydrogens (primary N) is 1. The predicted molar refractivity (Wildman–Crippen MR) is 212 cm³/mol. The van der Waals surface area contributed by atoms with Crippen LogP contribution in [0.25, 0.3) is 10.9 Å². The number of pyridine rings is 1. The van der Waals surface area contributed by atoms with E-state index in [4.69, 9.17) is 22.2 Å². The molecule has 4 aliphatic rings. The van der Waals surface area contributed by atoms with Crippen molar-refractivity contribution in [1.82, 2.24) is 19.8 Å². The number of phenols is 2. The number of rotatable bonds is 12. The summed E-state index contributed by atoms with van der Waals surface area (Å²) in [5, 5.41) is 51.0.